The number of amidine groups is 1. The lowest BCUT2D eigenvalue weighted by Crippen LogP contribution is -2.23. The topological polar surface area (TPSA) is 78.8 Å². The van der Waals surface area contributed by atoms with Gasteiger partial charge >= 0.3 is 0 Å². The van der Waals surface area contributed by atoms with Crippen molar-refractivity contribution in [1.29, 1.82) is 0 Å². The zero-order valence-electron chi connectivity index (χ0n) is 24.6. The van der Waals surface area contributed by atoms with Gasteiger partial charge in [0.1, 0.15) is 23.2 Å². The number of nitrogens with zero attached hydrogens (tertiary/aromatic N) is 6. The molecule has 0 spiro atoms. The van der Waals surface area contributed by atoms with Crippen LogP contribution in [0.3, 0.4) is 0 Å². The minimum Gasteiger partial charge on any atom is -0.439 e. The SMILES string of the molecule is Cc1nc(NC(C)c2ccc(-c3ccccc3CN(C)C)s2)c2cc(Oc3cccc(C4=NCCN4C)c3)ncc2n1. The van der Waals surface area contributed by atoms with Crippen molar-refractivity contribution in [1.82, 2.24) is 24.8 Å². The van der Waals surface area contributed by atoms with Gasteiger partial charge in [-0.1, -0.05) is 36.4 Å². The molecule has 1 N–H and O–H groups in total. The van der Waals surface area contributed by atoms with Gasteiger partial charge in [-0.3, -0.25) is 4.99 Å². The summed E-state index contributed by atoms with van der Waals surface area (Å²) in [5.41, 5.74) is 4.40. The lowest BCUT2D eigenvalue weighted by Gasteiger charge is -2.16. The Hall–Kier alpha value is -4.34. The van der Waals surface area contributed by atoms with Crippen molar-refractivity contribution in [2.45, 2.75) is 26.4 Å². The molecule has 0 bridgehead atoms. The quantitative estimate of drug-likeness (QED) is 0.207. The van der Waals surface area contributed by atoms with Gasteiger partial charge in [0.2, 0.25) is 5.88 Å². The minimum atomic E-state index is 0.0423. The number of nitrogens with one attached hydrogen (secondary N) is 1. The van der Waals surface area contributed by atoms with E-state index in [1.165, 1.54) is 20.9 Å². The maximum absolute atomic E-state index is 6.22. The fourth-order valence-electron chi connectivity index (χ4n) is 5.20. The molecule has 5 aromatic rings. The van der Waals surface area contributed by atoms with Crippen molar-refractivity contribution >= 4 is 33.9 Å². The van der Waals surface area contributed by atoms with Crippen LogP contribution in [0, 0.1) is 6.92 Å². The molecule has 1 aliphatic heterocycles. The molecule has 3 aromatic heterocycles. The molecule has 1 atom stereocenters. The Morgan fingerprint density at radius 3 is 2.71 bits per heavy atom. The molecule has 8 nitrogen and oxygen atoms in total. The Balaban J connectivity index is 1.25. The van der Waals surface area contributed by atoms with E-state index in [1.807, 2.05) is 31.2 Å². The second-order valence-corrected chi connectivity index (χ2v) is 12.0. The molecule has 4 heterocycles. The first kappa shape index (κ1) is 27.8. The maximum Gasteiger partial charge on any atom is 0.220 e. The number of aryl methyl sites for hydroxylation is 1. The molecule has 0 fully saturated rings. The Morgan fingerprint density at radius 1 is 1.05 bits per heavy atom. The number of fused-ring (bicyclic) bond motifs is 1. The van der Waals surface area contributed by atoms with Crippen LogP contribution in [0.25, 0.3) is 21.3 Å². The van der Waals surface area contributed by atoms with Crippen LogP contribution in [0.15, 0.2) is 77.9 Å². The maximum atomic E-state index is 6.22. The van der Waals surface area contributed by atoms with Gasteiger partial charge in [-0.15, -0.1) is 11.3 Å². The first-order valence-corrected chi connectivity index (χ1v) is 14.9. The lowest BCUT2D eigenvalue weighted by atomic mass is 10.1. The molecule has 214 valence electrons. The summed E-state index contributed by atoms with van der Waals surface area (Å²) in [7, 11) is 6.26. The second kappa shape index (κ2) is 11.9. The van der Waals surface area contributed by atoms with Crippen molar-refractivity contribution in [2.75, 3.05) is 39.5 Å². The highest BCUT2D eigenvalue weighted by Gasteiger charge is 2.17. The van der Waals surface area contributed by atoms with Crippen LogP contribution in [-0.4, -0.2) is 64.8 Å². The largest absolute Gasteiger partial charge is 0.439 e. The van der Waals surface area contributed by atoms with Crippen LogP contribution in [0.1, 0.15) is 34.8 Å². The van der Waals surface area contributed by atoms with Crippen LogP contribution >= 0.6 is 11.3 Å². The zero-order chi connectivity index (χ0) is 29.2. The van der Waals surface area contributed by atoms with Crippen molar-refractivity contribution in [3.8, 4) is 22.1 Å². The zero-order valence-corrected chi connectivity index (χ0v) is 25.4. The molecular weight excluding hydrogens is 542 g/mol. The standard InChI is InChI=1S/C33H35N7OS/c1-21(29-13-14-30(42-29)26-12-7-6-9-24(26)20-39(3)4)36-32-27-18-31(35-19-28(27)37-22(2)38-32)41-25-11-8-10-23(17-25)33-34-15-16-40(33)5/h6-14,17-19,21H,15-16,20H2,1-5H3,(H,36,37,38). The fraction of sp³-hybridized carbons (Fsp3) is 0.273. The summed E-state index contributed by atoms with van der Waals surface area (Å²) in [5, 5.41) is 4.50. The van der Waals surface area contributed by atoms with Gasteiger partial charge in [-0.05, 0) is 63.3 Å². The molecule has 0 saturated carbocycles. The number of anilines is 1. The second-order valence-electron chi connectivity index (χ2n) is 10.9. The van der Waals surface area contributed by atoms with Crippen LogP contribution in [0.4, 0.5) is 5.82 Å². The molecule has 0 saturated heterocycles. The summed E-state index contributed by atoms with van der Waals surface area (Å²) >= 11 is 1.81. The smallest absolute Gasteiger partial charge is 0.220 e. The number of hydrogen-bond acceptors (Lipinski definition) is 9. The molecule has 9 heteroatoms. The van der Waals surface area contributed by atoms with Gasteiger partial charge < -0.3 is 19.9 Å². The van der Waals surface area contributed by atoms with Crippen molar-refractivity contribution in [3.63, 3.8) is 0 Å². The average molecular weight is 578 g/mol. The summed E-state index contributed by atoms with van der Waals surface area (Å²) in [6.07, 6.45) is 1.75. The first-order valence-electron chi connectivity index (χ1n) is 14.1. The van der Waals surface area contributed by atoms with E-state index in [-0.39, 0.29) is 6.04 Å². The van der Waals surface area contributed by atoms with Crippen molar-refractivity contribution < 1.29 is 4.74 Å². The van der Waals surface area contributed by atoms with E-state index in [2.05, 4.69) is 101 Å². The average Bonchev–Trinajstić information content (AvgIpc) is 3.63. The number of aliphatic imine (C=N–C) groups is 1. The molecule has 0 amide bonds. The van der Waals surface area contributed by atoms with E-state index in [9.17, 15) is 0 Å². The van der Waals surface area contributed by atoms with Gasteiger partial charge in [0.15, 0.2) is 0 Å². The summed E-state index contributed by atoms with van der Waals surface area (Å²) in [6.45, 7) is 6.71. The number of aromatic nitrogens is 3. The molecule has 42 heavy (non-hydrogen) atoms. The molecular formula is C33H35N7OS. The molecule has 1 unspecified atom stereocenters. The number of rotatable bonds is 9. The number of benzene rings is 2. The molecule has 1 aliphatic rings. The number of hydrogen-bond donors (Lipinski definition) is 1. The number of ether oxygens (including phenoxy) is 1. The number of thiophene rings is 1. The predicted octanol–water partition coefficient (Wildman–Crippen LogP) is 6.78. The van der Waals surface area contributed by atoms with Gasteiger partial charge in [0.05, 0.1) is 24.3 Å². The third kappa shape index (κ3) is 5.98. The van der Waals surface area contributed by atoms with Crippen LogP contribution in [-0.2, 0) is 6.54 Å². The third-order valence-corrected chi connectivity index (χ3v) is 8.52. The Morgan fingerprint density at radius 2 is 1.90 bits per heavy atom. The van der Waals surface area contributed by atoms with Gasteiger partial charge in [-0.2, -0.15) is 0 Å². The van der Waals surface area contributed by atoms with E-state index >= 15 is 0 Å². The monoisotopic (exact) mass is 577 g/mol. The summed E-state index contributed by atoms with van der Waals surface area (Å²) < 4.78 is 6.22. The van der Waals surface area contributed by atoms with E-state index < -0.39 is 0 Å². The Labute approximate surface area is 250 Å². The van der Waals surface area contributed by atoms with E-state index in [1.54, 1.807) is 17.5 Å². The Bertz CT molecular complexity index is 1760. The number of pyridine rings is 1. The highest BCUT2D eigenvalue weighted by atomic mass is 32.1. The molecule has 2 aromatic carbocycles. The minimum absolute atomic E-state index is 0.0423. The summed E-state index contributed by atoms with van der Waals surface area (Å²) in [6, 6.07) is 23.0. The highest BCUT2D eigenvalue weighted by molar-refractivity contribution is 7.15. The third-order valence-electron chi connectivity index (χ3n) is 7.22. The van der Waals surface area contributed by atoms with E-state index in [0.717, 1.165) is 47.8 Å². The van der Waals surface area contributed by atoms with Crippen LogP contribution in [0.2, 0.25) is 0 Å². The predicted molar refractivity (Wildman–Crippen MR) is 172 cm³/mol. The molecule has 6 rings (SSSR count). The van der Waals surface area contributed by atoms with Gasteiger partial charge in [-0.25, -0.2) is 15.0 Å². The highest BCUT2D eigenvalue weighted by Crippen LogP contribution is 2.36. The van der Waals surface area contributed by atoms with E-state index in [0.29, 0.717) is 17.5 Å². The van der Waals surface area contributed by atoms with Crippen LogP contribution < -0.4 is 10.1 Å². The van der Waals surface area contributed by atoms with E-state index in [4.69, 9.17) is 9.72 Å². The fourth-order valence-corrected chi connectivity index (χ4v) is 6.28. The van der Waals surface area contributed by atoms with Crippen LogP contribution in [0.5, 0.6) is 11.6 Å². The van der Waals surface area contributed by atoms with Crippen molar-refractivity contribution in [3.05, 3.63) is 94.8 Å². The first-order chi connectivity index (χ1) is 20.3. The molecule has 0 aliphatic carbocycles. The van der Waals surface area contributed by atoms with Crippen molar-refractivity contribution in [2.24, 2.45) is 4.99 Å². The molecule has 0 radical (unpaired) electrons. The number of likely N-dealkylation sites (N-methyl/N-ethyl adjacent to an activating group) is 1. The lowest BCUT2D eigenvalue weighted by molar-refractivity contribution is 0.403. The summed E-state index contributed by atoms with van der Waals surface area (Å²) in [4.78, 5) is 25.4. The Kier molecular flexibility index (Phi) is 7.86. The van der Waals surface area contributed by atoms with Gasteiger partial charge in [0, 0.05) is 46.9 Å². The summed E-state index contributed by atoms with van der Waals surface area (Å²) in [5.74, 6) is 3.62. The van der Waals surface area contributed by atoms with Gasteiger partial charge in [0.25, 0.3) is 0 Å². The normalized spacial score (nSPS) is 14.0.